The van der Waals surface area contributed by atoms with Crippen LogP contribution in [0.1, 0.15) is 45.6 Å². The molecule has 31 heavy (non-hydrogen) atoms. The van der Waals surface area contributed by atoms with Gasteiger partial charge in [-0.3, -0.25) is 9.59 Å². The van der Waals surface area contributed by atoms with E-state index in [9.17, 15) is 22.8 Å². The molecule has 2 fully saturated rings. The maximum Gasteiger partial charge on any atom is 0.329 e. The Bertz CT molecular complexity index is 950. The van der Waals surface area contributed by atoms with Gasteiger partial charge in [0, 0.05) is 26.2 Å². The molecule has 2 saturated heterocycles. The molecule has 1 atom stereocenters. The van der Waals surface area contributed by atoms with Crippen molar-refractivity contribution in [2.24, 2.45) is 0 Å². The largest absolute Gasteiger partial charge is 0.340 e. The Morgan fingerprint density at radius 3 is 2.13 bits per heavy atom. The molecule has 0 aliphatic carbocycles. The number of imide groups is 1. The van der Waals surface area contributed by atoms with Crippen molar-refractivity contribution in [3.63, 3.8) is 0 Å². The minimum atomic E-state index is -3.36. The number of hydrogen-bond donors (Lipinski definition) is 1. The highest BCUT2D eigenvalue weighted by Crippen LogP contribution is 2.24. The van der Waals surface area contributed by atoms with Gasteiger partial charge in [-0.05, 0) is 37.5 Å². The quantitative estimate of drug-likeness (QED) is 0.661. The van der Waals surface area contributed by atoms with Crippen LogP contribution in [0.5, 0.6) is 0 Å². The van der Waals surface area contributed by atoms with Gasteiger partial charge in [-0.25, -0.2) is 18.1 Å². The Hall–Kier alpha value is -2.46. The van der Waals surface area contributed by atoms with Gasteiger partial charge in [0.25, 0.3) is 5.91 Å². The molecule has 0 saturated carbocycles. The third kappa shape index (κ3) is 4.74. The number of hydrogen-bond acceptors (Lipinski definition) is 5. The number of rotatable bonds is 6. The normalized spacial score (nSPS) is 20.6. The third-order valence-electron chi connectivity index (χ3n) is 5.76. The smallest absolute Gasteiger partial charge is 0.329 e. The topological polar surface area (TPSA) is 107 Å². The maximum atomic E-state index is 12.8. The Morgan fingerprint density at radius 2 is 1.61 bits per heavy atom. The first-order valence-corrected chi connectivity index (χ1v) is 12.0. The number of sulfonamides is 1. The summed E-state index contributed by atoms with van der Waals surface area (Å²) in [5.74, 6) is -0.410. The van der Waals surface area contributed by atoms with Crippen LogP contribution in [0, 0.1) is 0 Å². The van der Waals surface area contributed by atoms with Crippen molar-refractivity contribution < 1.29 is 22.8 Å². The van der Waals surface area contributed by atoms with Crippen LogP contribution < -0.4 is 10.2 Å². The molecule has 9 nitrogen and oxygen atoms in total. The second-order valence-electron chi connectivity index (χ2n) is 8.50. The molecule has 2 aliphatic rings. The van der Waals surface area contributed by atoms with Gasteiger partial charge >= 0.3 is 6.03 Å². The Labute approximate surface area is 183 Å². The first-order valence-electron chi connectivity index (χ1n) is 10.5. The number of amides is 4. The van der Waals surface area contributed by atoms with E-state index in [0.29, 0.717) is 11.6 Å². The van der Waals surface area contributed by atoms with Crippen molar-refractivity contribution >= 4 is 33.6 Å². The van der Waals surface area contributed by atoms with Crippen LogP contribution in [0.25, 0.3) is 0 Å². The van der Waals surface area contributed by atoms with Crippen molar-refractivity contribution in [1.29, 1.82) is 0 Å². The Kier molecular flexibility index (Phi) is 6.70. The van der Waals surface area contributed by atoms with Crippen LogP contribution in [0.2, 0.25) is 0 Å². The average Bonchev–Trinajstić information content (AvgIpc) is 3.00. The average molecular weight is 451 g/mol. The number of urea groups is 1. The highest BCUT2D eigenvalue weighted by molar-refractivity contribution is 7.89. The van der Waals surface area contributed by atoms with Gasteiger partial charge in [-0.1, -0.05) is 26.0 Å². The van der Waals surface area contributed by atoms with E-state index in [4.69, 9.17) is 0 Å². The molecule has 0 spiro atoms. The van der Waals surface area contributed by atoms with E-state index in [1.807, 2.05) is 12.1 Å². The van der Waals surface area contributed by atoms with Crippen molar-refractivity contribution in [2.45, 2.75) is 51.3 Å². The SMILES string of the molecule is CC(C)c1ccc(N2C(=O)NC(CC(=O)N3CCN(S(=O)(=O)C(C)C)CC3)C2=O)cc1. The van der Waals surface area contributed by atoms with E-state index in [2.05, 4.69) is 19.2 Å². The van der Waals surface area contributed by atoms with Gasteiger partial charge < -0.3 is 10.2 Å². The molecule has 1 unspecified atom stereocenters. The molecule has 10 heteroatoms. The fraction of sp³-hybridized carbons (Fsp3) is 0.571. The summed E-state index contributed by atoms with van der Waals surface area (Å²) in [5, 5.41) is 2.08. The maximum absolute atomic E-state index is 12.8. The third-order valence-corrected chi connectivity index (χ3v) is 8.04. The molecule has 1 N–H and O–H groups in total. The van der Waals surface area contributed by atoms with Crippen molar-refractivity contribution in [3.8, 4) is 0 Å². The summed E-state index contributed by atoms with van der Waals surface area (Å²) in [5.41, 5.74) is 1.57. The van der Waals surface area contributed by atoms with Gasteiger partial charge in [0.2, 0.25) is 15.9 Å². The standard InChI is InChI=1S/C21H30N4O5S/c1-14(2)16-5-7-17(8-6-16)25-20(27)18(22-21(25)28)13-19(26)23-9-11-24(12-10-23)31(29,30)15(3)4/h5-8,14-15,18H,9-13H2,1-4H3,(H,22,28). The molecule has 4 amide bonds. The monoisotopic (exact) mass is 450 g/mol. The summed E-state index contributed by atoms with van der Waals surface area (Å²) >= 11 is 0. The van der Waals surface area contributed by atoms with Crippen LogP contribution in [0.3, 0.4) is 0 Å². The number of benzene rings is 1. The summed E-state index contributed by atoms with van der Waals surface area (Å²) in [4.78, 5) is 40.5. The summed E-state index contributed by atoms with van der Waals surface area (Å²) in [6.07, 6.45) is -0.151. The summed E-state index contributed by atoms with van der Waals surface area (Å²) in [6, 6.07) is 5.74. The fourth-order valence-electron chi connectivity index (χ4n) is 3.72. The summed E-state index contributed by atoms with van der Waals surface area (Å²) in [7, 11) is -3.36. The fourth-order valence-corrected chi connectivity index (χ4v) is 4.98. The molecule has 3 rings (SSSR count). The van der Waals surface area contributed by atoms with E-state index >= 15 is 0 Å². The van der Waals surface area contributed by atoms with Gasteiger partial charge in [0.15, 0.2) is 0 Å². The highest BCUT2D eigenvalue weighted by Gasteiger charge is 2.41. The Morgan fingerprint density at radius 1 is 1.03 bits per heavy atom. The molecule has 0 aromatic heterocycles. The van der Waals surface area contributed by atoms with E-state index < -0.39 is 33.3 Å². The van der Waals surface area contributed by atoms with E-state index in [1.54, 1.807) is 30.9 Å². The second-order valence-corrected chi connectivity index (χ2v) is 11.0. The molecular weight excluding hydrogens is 420 g/mol. The van der Waals surface area contributed by atoms with Crippen LogP contribution >= 0.6 is 0 Å². The molecular formula is C21H30N4O5S. The van der Waals surface area contributed by atoms with Crippen molar-refractivity contribution in [2.75, 3.05) is 31.1 Å². The lowest BCUT2D eigenvalue weighted by atomic mass is 10.0. The van der Waals surface area contributed by atoms with Crippen LogP contribution in [0.15, 0.2) is 24.3 Å². The molecule has 1 aromatic rings. The molecule has 0 bridgehead atoms. The van der Waals surface area contributed by atoms with Crippen LogP contribution in [-0.4, -0.2) is 72.9 Å². The lowest BCUT2D eigenvalue weighted by Crippen LogP contribution is -2.52. The van der Waals surface area contributed by atoms with E-state index in [1.165, 1.54) is 4.31 Å². The number of carbonyl (C=O) groups is 3. The lowest BCUT2D eigenvalue weighted by molar-refractivity contribution is -0.134. The van der Waals surface area contributed by atoms with Gasteiger partial charge in [0.1, 0.15) is 6.04 Å². The molecule has 1 aromatic carbocycles. The minimum absolute atomic E-state index is 0.151. The number of piperazine rings is 1. The van der Waals surface area contributed by atoms with Gasteiger partial charge in [-0.2, -0.15) is 4.31 Å². The lowest BCUT2D eigenvalue weighted by Gasteiger charge is -2.35. The number of nitrogens with zero attached hydrogens (tertiary/aromatic N) is 3. The van der Waals surface area contributed by atoms with E-state index in [-0.39, 0.29) is 38.5 Å². The summed E-state index contributed by atoms with van der Waals surface area (Å²) < 4.78 is 25.9. The van der Waals surface area contributed by atoms with Crippen molar-refractivity contribution in [3.05, 3.63) is 29.8 Å². The molecule has 0 radical (unpaired) electrons. The predicted octanol–water partition coefficient (Wildman–Crippen LogP) is 1.51. The number of carbonyl (C=O) groups excluding carboxylic acids is 3. The Balaban J connectivity index is 1.60. The van der Waals surface area contributed by atoms with Gasteiger partial charge in [0.05, 0.1) is 17.4 Å². The molecule has 2 aliphatic heterocycles. The van der Waals surface area contributed by atoms with Crippen LogP contribution in [-0.2, 0) is 19.6 Å². The molecule has 170 valence electrons. The van der Waals surface area contributed by atoms with E-state index in [0.717, 1.165) is 10.5 Å². The summed E-state index contributed by atoms with van der Waals surface area (Å²) in [6.45, 7) is 8.36. The first kappa shape index (κ1) is 23.2. The molecule has 2 heterocycles. The van der Waals surface area contributed by atoms with Crippen molar-refractivity contribution in [1.82, 2.24) is 14.5 Å². The zero-order chi connectivity index (χ0) is 22.9. The zero-order valence-corrected chi connectivity index (χ0v) is 19.2. The van der Waals surface area contributed by atoms with Crippen LogP contribution in [0.4, 0.5) is 10.5 Å². The second kappa shape index (κ2) is 8.96. The zero-order valence-electron chi connectivity index (χ0n) is 18.4. The number of anilines is 1. The van der Waals surface area contributed by atoms with Gasteiger partial charge in [-0.15, -0.1) is 0 Å². The highest BCUT2D eigenvalue weighted by atomic mass is 32.2. The predicted molar refractivity (Wildman–Crippen MR) is 117 cm³/mol. The minimum Gasteiger partial charge on any atom is -0.340 e. The number of nitrogens with one attached hydrogen (secondary N) is 1. The first-order chi connectivity index (χ1) is 14.5.